The van der Waals surface area contributed by atoms with E-state index in [0.717, 1.165) is 11.6 Å². The molecule has 11 heteroatoms. The van der Waals surface area contributed by atoms with Crippen LogP contribution in [0.25, 0.3) is 0 Å². The first-order valence-electron chi connectivity index (χ1n) is 10.7. The molecule has 1 heterocycles. The molecule has 0 aromatic heterocycles. The molecule has 2 aromatic carbocycles. The van der Waals surface area contributed by atoms with Gasteiger partial charge in [0.05, 0.1) is 17.6 Å². The molecule has 4 rings (SSSR count). The van der Waals surface area contributed by atoms with Crippen LogP contribution in [0.4, 0.5) is 10.5 Å². The summed E-state index contributed by atoms with van der Waals surface area (Å²) in [6, 6.07) is 14.2. The second kappa shape index (κ2) is 9.46. The van der Waals surface area contributed by atoms with Crippen molar-refractivity contribution in [2.45, 2.75) is 36.5 Å². The first-order valence-corrected chi connectivity index (χ1v) is 12.1. The summed E-state index contributed by atoms with van der Waals surface area (Å²) in [4.78, 5) is 24.1. The second-order valence-electron chi connectivity index (χ2n) is 8.30. The molecule has 0 bridgehead atoms. The highest BCUT2D eigenvalue weighted by atomic mass is 32.2. The number of hydrogen-bond donors (Lipinski definition) is 1. The number of benzene rings is 2. The molecule has 1 saturated heterocycles. The number of nitrogens with zero attached hydrogens (tertiary/aromatic N) is 3. The predicted octanol–water partition coefficient (Wildman–Crippen LogP) is 2.38. The van der Waals surface area contributed by atoms with Gasteiger partial charge in [0.15, 0.2) is 4.90 Å². The Hall–Kier alpha value is -3.02. The number of sulfonamides is 1. The maximum absolute atomic E-state index is 13.3. The van der Waals surface area contributed by atoms with Crippen LogP contribution in [0.2, 0.25) is 0 Å². The van der Waals surface area contributed by atoms with Crippen LogP contribution in [0, 0.1) is 16.0 Å². The van der Waals surface area contributed by atoms with Crippen LogP contribution in [-0.4, -0.2) is 65.5 Å². The molecule has 1 aliphatic heterocycles. The number of para-hydroxylation sites is 1. The van der Waals surface area contributed by atoms with Crippen LogP contribution in [0.15, 0.2) is 59.5 Å². The van der Waals surface area contributed by atoms with Crippen molar-refractivity contribution >= 4 is 21.8 Å². The molecule has 0 radical (unpaired) electrons. The van der Waals surface area contributed by atoms with Crippen LogP contribution in [0.5, 0.6) is 0 Å². The van der Waals surface area contributed by atoms with Gasteiger partial charge >= 0.3 is 6.09 Å². The van der Waals surface area contributed by atoms with Crippen LogP contribution < -0.4 is 0 Å². The van der Waals surface area contributed by atoms with Gasteiger partial charge in [-0.3, -0.25) is 10.1 Å². The van der Waals surface area contributed by atoms with Gasteiger partial charge in [0.25, 0.3) is 5.69 Å². The van der Waals surface area contributed by atoms with E-state index in [1.807, 2.05) is 30.3 Å². The van der Waals surface area contributed by atoms with Crippen molar-refractivity contribution in [3.05, 3.63) is 70.3 Å². The Morgan fingerprint density at radius 2 is 1.79 bits per heavy atom. The first kappa shape index (κ1) is 23.1. The zero-order valence-corrected chi connectivity index (χ0v) is 18.6. The van der Waals surface area contributed by atoms with Crippen molar-refractivity contribution < 1.29 is 28.0 Å². The Labute approximate surface area is 191 Å². The molecule has 1 N–H and O–H groups in total. The third-order valence-electron chi connectivity index (χ3n) is 5.89. The minimum atomic E-state index is -4.16. The summed E-state index contributed by atoms with van der Waals surface area (Å²) in [6.45, 7) is 0.215. The number of rotatable bonds is 8. The number of nitro benzene ring substituents is 1. The van der Waals surface area contributed by atoms with E-state index < -0.39 is 38.7 Å². The quantitative estimate of drug-likeness (QED) is 0.458. The molecule has 2 atom stereocenters. The molecular weight excluding hydrogens is 450 g/mol. The van der Waals surface area contributed by atoms with E-state index in [9.17, 15) is 28.4 Å². The summed E-state index contributed by atoms with van der Waals surface area (Å²) in [5.41, 5.74) is 0.346. The first-order chi connectivity index (χ1) is 15.8. The molecule has 10 nitrogen and oxygen atoms in total. The third kappa shape index (κ3) is 5.15. The maximum Gasteiger partial charge on any atom is 0.410 e. The van der Waals surface area contributed by atoms with Crippen LogP contribution in [0.1, 0.15) is 18.4 Å². The van der Waals surface area contributed by atoms with Crippen LogP contribution in [-0.2, 0) is 21.4 Å². The molecular formula is C22H25N3O7S. The monoisotopic (exact) mass is 475 g/mol. The lowest BCUT2D eigenvalue weighted by Gasteiger charge is -2.26. The number of likely N-dealkylation sites (tertiary alicyclic amines) is 1. The predicted molar refractivity (Wildman–Crippen MR) is 118 cm³/mol. The third-order valence-corrected chi connectivity index (χ3v) is 7.85. The average Bonchev–Trinajstić information content (AvgIpc) is 3.58. The van der Waals surface area contributed by atoms with Gasteiger partial charge < -0.3 is 14.7 Å². The Morgan fingerprint density at radius 3 is 2.45 bits per heavy atom. The lowest BCUT2D eigenvalue weighted by atomic mass is 10.1. The van der Waals surface area contributed by atoms with Gasteiger partial charge in [-0.2, -0.15) is 4.31 Å². The number of amides is 1. The number of β-amino-alcohol motifs (C(OH)–C–C–N with tert-alkyl or cyclic N) is 1. The average molecular weight is 476 g/mol. The fourth-order valence-electron chi connectivity index (χ4n) is 3.98. The number of aliphatic hydroxyl groups is 1. The van der Waals surface area contributed by atoms with E-state index >= 15 is 0 Å². The number of hydrogen-bond acceptors (Lipinski definition) is 7. The highest BCUT2D eigenvalue weighted by Gasteiger charge is 2.45. The van der Waals surface area contributed by atoms with Gasteiger partial charge in [0.1, 0.15) is 6.61 Å². The molecule has 1 amide bonds. The van der Waals surface area contributed by atoms with E-state index in [4.69, 9.17) is 4.74 Å². The van der Waals surface area contributed by atoms with E-state index in [-0.39, 0.29) is 37.2 Å². The van der Waals surface area contributed by atoms with Crippen LogP contribution >= 0.6 is 0 Å². The van der Waals surface area contributed by atoms with Gasteiger partial charge in [-0.05, 0) is 24.5 Å². The van der Waals surface area contributed by atoms with Crippen LogP contribution in [0.3, 0.4) is 0 Å². The van der Waals surface area contributed by atoms with E-state index in [1.54, 1.807) is 0 Å². The Bertz CT molecular complexity index is 1120. The number of nitro groups is 1. The smallest absolute Gasteiger partial charge is 0.410 e. The zero-order valence-electron chi connectivity index (χ0n) is 17.8. The normalized spacial score (nSPS) is 20.7. The standard InChI is InChI=1S/C22H25N3O7S/c26-20-14-23(22(27)32-15-16-6-2-1-3-7-16)12-17(20)13-24(18-10-11-18)33(30,31)21-9-5-4-8-19(21)25(28)29/h1-9,17-18,20,26H,10-15H2/t17-,20+/m0/s1. The van der Waals surface area contributed by atoms with Crippen molar-refractivity contribution in [1.29, 1.82) is 0 Å². The molecule has 33 heavy (non-hydrogen) atoms. The van der Waals surface area contributed by atoms with Gasteiger partial charge in [0, 0.05) is 31.1 Å². The summed E-state index contributed by atoms with van der Waals surface area (Å²) in [6.07, 6.45) is -0.229. The van der Waals surface area contributed by atoms with Crippen molar-refractivity contribution in [1.82, 2.24) is 9.21 Å². The van der Waals surface area contributed by atoms with Gasteiger partial charge in [-0.25, -0.2) is 13.2 Å². The van der Waals surface area contributed by atoms with Gasteiger partial charge in [-0.15, -0.1) is 0 Å². The lowest BCUT2D eigenvalue weighted by Crippen LogP contribution is -2.40. The molecule has 1 aliphatic carbocycles. The van der Waals surface area contributed by atoms with Crippen molar-refractivity contribution in [2.75, 3.05) is 19.6 Å². The zero-order chi connectivity index (χ0) is 23.6. The van der Waals surface area contributed by atoms with E-state index in [1.165, 1.54) is 27.4 Å². The molecule has 2 fully saturated rings. The number of carbonyl (C=O) groups is 1. The summed E-state index contributed by atoms with van der Waals surface area (Å²) in [5.74, 6) is -0.535. The van der Waals surface area contributed by atoms with Crippen molar-refractivity contribution in [3.8, 4) is 0 Å². The topological polar surface area (TPSA) is 130 Å². The fraction of sp³-hybridized carbons (Fsp3) is 0.409. The summed E-state index contributed by atoms with van der Waals surface area (Å²) in [7, 11) is -4.16. The van der Waals surface area contributed by atoms with Gasteiger partial charge in [-0.1, -0.05) is 42.5 Å². The van der Waals surface area contributed by atoms with E-state index in [0.29, 0.717) is 12.8 Å². The minimum absolute atomic E-state index is 0.0301. The SMILES string of the molecule is O=C(OCc1ccccc1)N1C[C@@H](CN(C2CC2)S(=O)(=O)c2ccccc2[N+](=O)[O-])[C@H](O)C1. The molecule has 2 aromatic rings. The Morgan fingerprint density at radius 1 is 1.12 bits per heavy atom. The lowest BCUT2D eigenvalue weighted by molar-refractivity contribution is -0.387. The number of aliphatic hydroxyl groups excluding tert-OH is 1. The highest BCUT2D eigenvalue weighted by molar-refractivity contribution is 7.89. The summed E-state index contributed by atoms with van der Waals surface area (Å²) >= 11 is 0. The Balaban J connectivity index is 1.45. The minimum Gasteiger partial charge on any atom is -0.445 e. The number of ether oxygens (including phenoxy) is 1. The fourth-order valence-corrected chi connectivity index (χ4v) is 5.88. The Kier molecular flexibility index (Phi) is 6.63. The highest BCUT2D eigenvalue weighted by Crippen LogP contribution is 2.36. The molecule has 0 unspecified atom stereocenters. The van der Waals surface area contributed by atoms with Gasteiger partial charge in [0.2, 0.25) is 10.0 Å². The molecule has 176 valence electrons. The van der Waals surface area contributed by atoms with Crippen molar-refractivity contribution in [3.63, 3.8) is 0 Å². The second-order valence-corrected chi connectivity index (χ2v) is 10.2. The molecule has 1 saturated carbocycles. The molecule has 2 aliphatic rings. The van der Waals surface area contributed by atoms with E-state index in [2.05, 4.69) is 0 Å². The summed E-state index contributed by atoms with van der Waals surface area (Å²) in [5, 5.41) is 21.9. The molecule has 0 spiro atoms. The number of carbonyl (C=O) groups excluding carboxylic acids is 1. The van der Waals surface area contributed by atoms with Crippen molar-refractivity contribution in [2.24, 2.45) is 5.92 Å². The maximum atomic E-state index is 13.3. The largest absolute Gasteiger partial charge is 0.445 e. The summed E-state index contributed by atoms with van der Waals surface area (Å²) < 4.78 is 33.2.